The first kappa shape index (κ1) is 20.6. The lowest BCUT2D eigenvalue weighted by Gasteiger charge is -2.09. The number of non-ortho nitro benzene ring substituents is 1. The van der Waals surface area contributed by atoms with E-state index in [9.17, 15) is 14.9 Å². The highest BCUT2D eigenvalue weighted by Crippen LogP contribution is 2.24. The molecular formula is C20H16Cl2N4O3. The Balaban J connectivity index is 1.81. The van der Waals surface area contributed by atoms with E-state index in [-0.39, 0.29) is 10.7 Å². The van der Waals surface area contributed by atoms with Gasteiger partial charge < -0.3 is 4.57 Å². The third-order valence-electron chi connectivity index (χ3n) is 4.32. The van der Waals surface area contributed by atoms with Gasteiger partial charge in [-0.3, -0.25) is 14.9 Å². The van der Waals surface area contributed by atoms with Crippen LogP contribution >= 0.6 is 23.2 Å². The molecule has 0 saturated carbocycles. The van der Waals surface area contributed by atoms with Crippen LogP contribution in [0.3, 0.4) is 0 Å². The Bertz CT molecular complexity index is 1140. The van der Waals surface area contributed by atoms with Gasteiger partial charge in [0.1, 0.15) is 0 Å². The lowest BCUT2D eigenvalue weighted by molar-refractivity contribution is -0.384. The van der Waals surface area contributed by atoms with E-state index in [2.05, 4.69) is 10.5 Å². The summed E-state index contributed by atoms with van der Waals surface area (Å²) in [6.45, 7) is 3.76. The third-order valence-corrected chi connectivity index (χ3v) is 5.06. The van der Waals surface area contributed by atoms with Crippen LogP contribution in [-0.4, -0.2) is 21.6 Å². The van der Waals surface area contributed by atoms with E-state index in [1.54, 1.807) is 18.2 Å². The molecule has 0 spiro atoms. The Kier molecular flexibility index (Phi) is 6.00. The van der Waals surface area contributed by atoms with Crippen molar-refractivity contribution in [2.75, 3.05) is 0 Å². The smallest absolute Gasteiger partial charge is 0.271 e. The Hall–Kier alpha value is -3.16. The van der Waals surface area contributed by atoms with Crippen LogP contribution in [0.25, 0.3) is 5.69 Å². The molecule has 148 valence electrons. The zero-order chi connectivity index (χ0) is 21.1. The number of amides is 1. The van der Waals surface area contributed by atoms with Gasteiger partial charge in [-0.25, -0.2) is 5.43 Å². The number of nitrogens with one attached hydrogen (secondary N) is 1. The highest BCUT2D eigenvalue weighted by molar-refractivity contribution is 6.42. The number of hydrogen-bond donors (Lipinski definition) is 1. The number of nitro groups is 1. The summed E-state index contributed by atoms with van der Waals surface area (Å²) in [5.74, 6) is -0.424. The number of hydrazone groups is 1. The quantitative estimate of drug-likeness (QED) is 0.347. The van der Waals surface area contributed by atoms with Gasteiger partial charge >= 0.3 is 0 Å². The molecule has 1 amide bonds. The standard InChI is InChI=1S/C20H16Cl2N4O3/c1-12-8-15(11-23-24-20(27)14-6-7-18(21)19(22)9-14)13(2)25(12)16-4-3-5-17(10-16)26(28)29/h3-11H,1-2H3,(H,24,27)/b23-11-. The molecule has 0 unspecified atom stereocenters. The van der Waals surface area contributed by atoms with Crippen molar-refractivity contribution in [2.24, 2.45) is 5.10 Å². The maximum absolute atomic E-state index is 12.2. The van der Waals surface area contributed by atoms with Gasteiger partial charge in [-0.05, 0) is 44.2 Å². The lowest BCUT2D eigenvalue weighted by Crippen LogP contribution is -2.17. The van der Waals surface area contributed by atoms with Gasteiger partial charge in [0.25, 0.3) is 11.6 Å². The number of halogens is 2. The van der Waals surface area contributed by atoms with E-state index in [0.29, 0.717) is 16.3 Å². The number of benzene rings is 2. The molecule has 0 aliphatic carbocycles. The van der Waals surface area contributed by atoms with Crippen LogP contribution in [0.2, 0.25) is 10.0 Å². The first-order chi connectivity index (χ1) is 13.8. The lowest BCUT2D eigenvalue weighted by atomic mass is 10.2. The third kappa shape index (κ3) is 4.47. The van der Waals surface area contributed by atoms with Crippen LogP contribution in [0, 0.1) is 24.0 Å². The second-order valence-electron chi connectivity index (χ2n) is 6.27. The van der Waals surface area contributed by atoms with Gasteiger partial charge in [-0.15, -0.1) is 0 Å². The van der Waals surface area contributed by atoms with E-state index < -0.39 is 10.8 Å². The average molecular weight is 431 g/mol. The summed E-state index contributed by atoms with van der Waals surface area (Å²) in [6.07, 6.45) is 1.52. The predicted octanol–water partition coefficient (Wildman–Crippen LogP) is 5.07. The zero-order valence-electron chi connectivity index (χ0n) is 15.5. The molecule has 3 rings (SSSR count). The SMILES string of the molecule is Cc1cc(/C=N\NC(=O)c2ccc(Cl)c(Cl)c2)c(C)n1-c1cccc([N+](=O)[O-])c1. The van der Waals surface area contributed by atoms with Gasteiger partial charge in [0, 0.05) is 34.6 Å². The van der Waals surface area contributed by atoms with Crippen molar-refractivity contribution in [1.82, 2.24) is 9.99 Å². The molecule has 2 aromatic carbocycles. The van der Waals surface area contributed by atoms with Crippen molar-refractivity contribution >= 4 is 41.0 Å². The van der Waals surface area contributed by atoms with Crippen molar-refractivity contribution in [3.63, 3.8) is 0 Å². The van der Waals surface area contributed by atoms with Crippen LogP contribution in [-0.2, 0) is 0 Å². The van der Waals surface area contributed by atoms with E-state index in [1.165, 1.54) is 30.5 Å². The number of rotatable bonds is 5. The average Bonchev–Trinajstić information content (AvgIpc) is 2.97. The summed E-state index contributed by atoms with van der Waals surface area (Å²) < 4.78 is 1.88. The predicted molar refractivity (Wildman–Crippen MR) is 113 cm³/mol. The molecule has 0 aliphatic heterocycles. The number of carbonyl (C=O) groups excluding carboxylic acids is 1. The Morgan fingerprint density at radius 1 is 1.14 bits per heavy atom. The molecule has 0 aliphatic rings. The molecule has 0 saturated heterocycles. The minimum Gasteiger partial charge on any atom is -0.318 e. The van der Waals surface area contributed by atoms with Crippen molar-refractivity contribution in [3.05, 3.63) is 91.2 Å². The summed E-state index contributed by atoms with van der Waals surface area (Å²) >= 11 is 11.8. The fraction of sp³-hybridized carbons (Fsp3) is 0.100. The Morgan fingerprint density at radius 3 is 2.59 bits per heavy atom. The number of hydrogen-bond acceptors (Lipinski definition) is 4. The van der Waals surface area contributed by atoms with Crippen molar-refractivity contribution < 1.29 is 9.72 Å². The summed E-state index contributed by atoms with van der Waals surface area (Å²) in [7, 11) is 0. The van der Waals surface area contributed by atoms with Crippen LogP contribution in [0.15, 0.2) is 53.6 Å². The molecule has 1 heterocycles. The second kappa shape index (κ2) is 8.46. The summed E-state index contributed by atoms with van der Waals surface area (Å²) in [5, 5.41) is 15.7. The molecule has 0 radical (unpaired) electrons. The molecule has 29 heavy (non-hydrogen) atoms. The van der Waals surface area contributed by atoms with Gasteiger partial charge in [-0.1, -0.05) is 29.3 Å². The molecule has 3 aromatic rings. The first-order valence-electron chi connectivity index (χ1n) is 8.50. The highest BCUT2D eigenvalue weighted by Gasteiger charge is 2.13. The van der Waals surface area contributed by atoms with Crippen molar-refractivity contribution in [2.45, 2.75) is 13.8 Å². The summed E-state index contributed by atoms with van der Waals surface area (Å²) in [5.41, 5.74) is 5.94. The Morgan fingerprint density at radius 2 is 1.90 bits per heavy atom. The minimum absolute atomic E-state index is 0.0131. The number of carbonyl (C=O) groups is 1. The van der Waals surface area contributed by atoms with Crippen molar-refractivity contribution in [3.8, 4) is 5.69 Å². The fourth-order valence-electron chi connectivity index (χ4n) is 2.92. The van der Waals surface area contributed by atoms with Gasteiger partial charge in [-0.2, -0.15) is 5.10 Å². The van der Waals surface area contributed by atoms with E-state index in [4.69, 9.17) is 23.2 Å². The maximum Gasteiger partial charge on any atom is 0.271 e. The minimum atomic E-state index is -0.432. The molecule has 1 aromatic heterocycles. The van der Waals surface area contributed by atoms with E-state index >= 15 is 0 Å². The molecule has 1 N–H and O–H groups in total. The molecule has 9 heteroatoms. The molecular weight excluding hydrogens is 415 g/mol. The zero-order valence-corrected chi connectivity index (χ0v) is 17.0. The van der Waals surface area contributed by atoms with Gasteiger partial charge in [0.05, 0.1) is 26.9 Å². The van der Waals surface area contributed by atoms with E-state index in [1.807, 2.05) is 24.5 Å². The normalized spacial score (nSPS) is 11.0. The monoisotopic (exact) mass is 430 g/mol. The summed E-state index contributed by atoms with van der Waals surface area (Å²) in [6, 6.07) is 12.8. The van der Waals surface area contributed by atoms with Gasteiger partial charge in [0.2, 0.25) is 0 Å². The number of nitro benzene ring substituents is 1. The number of aromatic nitrogens is 1. The largest absolute Gasteiger partial charge is 0.318 e. The molecule has 0 bridgehead atoms. The maximum atomic E-state index is 12.2. The molecule has 0 atom stereocenters. The van der Waals surface area contributed by atoms with E-state index in [0.717, 1.165) is 17.0 Å². The number of aryl methyl sites for hydroxylation is 1. The van der Waals surface area contributed by atoms with Crippen LogP contribution in [0.4, 0.5) is 5.69 Å². The topological polar surface area (TPSA) is 89.5 Å². The fourth-order valence-corrected chi connectivity index (χ4v) is 3.22. The van der Waals surface area contributed by atoms with Crippen LogP contribution in [0.5, 0.6) is 0 Å². The van der Waals surface area contributed by atoms with Crippen LogP contribution < -0.4 is 5.43 Å². The summed E-state index contributed by atoms with van der Waals surface area (Å²) in [4.78, 5) is 22.8. The second-order valence-corrected chi connectivity index (χ2v) is 7.08. The molecule has 7 nitrogen and oxygen atoms in total. The highest BCUT2D eigenvalue weighted by atomic mass is 35.5. The number of nitrogens with zero attached hydrogens (tertiary/aromatic N) is 3. The van der Waals surface area contributed by atoms with Crippen molar-refractivity contribution in [1.29, 1.82) is 0 Å². The first-order valence-corrected chi connectivity index (χ1v) is 9.25. The van der Waals surface area contributed by atoms with Gasteiger partial charge in [0.15, 0.2) is 0 Å². The molecule has 0 fully saturated rings. The van der Waals surface area contributed by atoms with Crippen LogP contribution in [0.1, 0.15) is 27.3 Å². The Labute approximate surface area is 176 Å².